The molecule has 4 rings (SSSR count). The molecule has 0 bridgehead atoms. The molecule has 162 valence electrons. The van der Waals surface area contributed by atoms with Crippen molar-refractivity contribution < 1.29 is 14.2 Å². The van der Waals surface area contributed by atoms with Gasteiger partial charge in [-0.25, -0.2) is 0 Å². The topological polar surface area (TPSA) is 30.9 Å². The van der Waals surface area contributed by atoms with Gasteiger partial charge in [0, 0.05) is 13.1 Å². The third-order valence-electron chi connectivity index (χ3n) is 6.05. The van der Waals surface area contributed by atoms with Crippen LogP contribution in [0, 0.1) is 0 Å². The molecule has 4 nitrogen and oxygen atoms in total. The minimum Gasteiger partial charge on any atom is -0.493 e. The smallest absolute Gasteiger partial charge is 0.160 e. The Labute approximate surface area is 185 Å². The summed E-state index contributed by atoms with van der Waals surface area (Å²) in [7, 11) is 3.36. The molecule has 0 aromatic heterocycles. The highest BCUT2D eigenvalue weighted by Crippen LogP contribution is 2.34. The lowest BCUT2D eigenvalue weighted by Crippen LogP contribution is -2.26. The molecule has 0 radical (unpaired) electrons. The highest BCUT2D eigenvalue weighted by molar-refractivity contribution is 5.44. The zero-order valence-electron chi connectivity index (χ0n) is 18.4. The van der Waals surface area contributed by atoms with Crippen molar-refractivity contribution in [3.8, 4) is 11.5 Å². The van der Waals surface area contributed by atoms with Crippen LogP contribution in [0.5, 0.6) is 11.5 Å². The van der Waals surface area contributed by atoms with Crippen molar-refractivity contribution in [2.45, 2.75) is 18.4 Å². The van der Waals surface area contributed by atoms with Crippen LogP contribution >= 0.6 is 0 Å². The van der Waals surface area contributed by atoms with E-state index in [1.54, 1.807) is 14.2 Å². The molecule has 4 heteroatoms. The first-order valence-electron chi connectivity index (χ1n) is 10.9. The van der Waals surface area contributed by atoms with Gasteiger partial charge >= 0.3 is 0 Å². The molecule has 31 heavy (non-hydrogen) atoms. The number of rotatable bonds is 9. The van der Waals surface area contributed by atoms with Crippen LogP contribution in [-0.2, 0) is 4.74 Å². The molecule has 1 atom stereocenters. The van der Waals surface area contributed by atoms with Crippen molar-refractivity contribution in [1.82, 2.24) is 4.90 Å². The second-order valence-corrected chi connectivity index (χ2v) is 7.97. The van der Waals surface area contributed by atoms with Crippen LogP contribution in [-0.4, -0.2) is 45.4 Å². The first-order chi connectivity index (χ1) is 15.3. The molecule has 0 saturated carbocycles. The van der Waals surface area contributed by atoms with Crippen molar-refractivity contribution in [1.29, 1.82) is 0 Å². The Kier molecular flexibility index (Phi) is 7.23. The minimum atomic E-state index is -0.0355. The molecule has 1 saturated heterocycles. The number of methoxy groups -OCH3 is 2. The maximum atomic E-state index is 6.41. The van der Waals surface area contributed by atoms with Crippen molar-refractivity contribution in [3.63, 3.8) is 0 Å². The quantitative estimate of drug-likeness (QED) is 0.473. The summed E-state index contributed by atoms with van der Waals surface area (Å²) in [5, 5.41) is 0. The lowest BCUT2D eigenvalue weighted by molar-refractivity contribution is 0.0642. The van der Waals surface area contributed by atoms with Crippen molar-refractivity contribution in [3.05, 3.63) is 95.6 Å². The highest BCUT2D eigenvalue weighted by atomic mass is 16.5. The summed E-state index contributed by atoms with van der Waals surface area (Å²) in [4.78, 5) is 2.49. The van der Waals surface area contributed by atoms with Gasteiger partial charge in [0.25, 0.3) is 0 Å². The first kappa shape index (κ1) is 21.4. The van der Waals surface area contributed by atoms with Gasteiger partial charge < -0.3 is 19.1 Å². The van der Waals surface area contributed by atoms with E-state index < -0.39 is 0 Å². The van der Waals surface area contributed by atoms with Gasteiger partial charge in [0.15, 0.2) is 11.5 Å². The predicted octanol–water partition coefficient (Wildman–Crippen LogP) is 5.30. The van der Waals surface area contributed by atoms with Crippen LogP contribution < -0.4 is 9.47 Å². The monoisotopic (exact) mass is 417 g/mol. The fraction of sp³-hybridized carbons (Fsp3) is 0.333. The van der Waals surface area contributed by atoms with E-state index in [1.165, 1.54) is 16.7 Å². The number of ether oxygens (including phenoxy) is 3. The van der Waals surface area contributed by atoms with Gasteiger partial charge in [0.05, 0.1) is 20.8 Å². The Hall–Kier alpha value is -2.82. The van der Waals surface area contributed by atoms with Gasteiger partial charge in [0.1, 0.15) is 6.10 Å². The summed E-state index contributed by atoms with van der Waals surface area (Å²) >= 11 is 0. The van der Waals surface area contributed by atoms with E-state index in [1.807, 2.05) is 18.2 Å². The molecular weight excluding hydrogens is 386 g/mol. The molecule has 0 spiro atoms. The van der Waals surface area contributed by atoms with Gasteiger partial charge in [-0.05, 0) is 47.7 Å². The molecule has 3 aromatic carbocycles. The average Bonchev–Trinajstić information content (AvgIpc) is 3.31. The third-order valence-corrected chi connectivity index (χ3v) is 6.05. The summed E-state index contributed by atoms with van der Waals surface area (Å²) < 4.78 is 17.3. The zero-order valence-corrected chi connectivity index (χ0v) is 18.4. The Morgan fingerprint density at radius 1 is 0.839 bits per heavy atom. The minimum absolute atomic E-state index is 0.0355. The van der Waals surface area contributed by atoms with Gasteiger partial charge in [-0.15, -0.1) is 0 Å². The summed E-state index contributed by atoms with van der Waals surface area (Å²) in [6.45, 7) is 3.76. The summed E-state index contributed by atoms with van der Waals surface area (Å²) in [6, 6.07) is 27.2. The summed E-state index contributed by atoms with van der Waals surface area (Å²) in [5.74, 6) is 2.09. The first-order valence-corrected chi connectivity index (χ1v) is 10.9. The number of hydrogen-bond donors (Lipinski definition) is 0. The largest absolute Gasteiger partial charge is 0.493 e. The van der Waals surface area contributed by atoms with E-state index in [0.29, 0.717) is 12.5 Å². The second-order valence-electron chi connectivity index (χ2n) is 7.97. The van der Waals surface area contributed by atoms with E-state index >= 15 is 0 Å². The van der Waals surface area contributed by atoms with E-state index in [0.717, 1.165) is 37.6 Å². The van der Waals surface area contributed by atoms with Crippen molar-refractivity contribution >= 4 is 0 Å². The summed E-state index contributed by atoms with van der Waals surface area (Å²) in [5.41, 5.74) is 3.70. The van der Waals surface area contributed by atoms with Crippen LogP contribution in [0.3, 0.4) is 0 Å². The van der Waals surface area contributed by atoms with Crippen LogP contribution in [0.25, 0.3) is 0 Å². The average molecular weight is 418 g/mol. The van der Waals surface area contributed by atoms with Crippen LogP contribution in [0.4, 0.5) is 0 Å². The Morgan fingerprint density at radius 2 is 1.48 bits per heavy atom. The Morgan fingerprint density at radius 3 is 2.10 bits per heavy atom. The van der Waals surface area contributed by atoms with Crippen LogP contribution in [0.1, 0.15) is 35.1 Å². The van der Waals surface area contributed by atoms with Gasteiger partial charge in [-0.1, -0.05) is 66.7 Å². The lowest BCUT2D eigenvalue weighted by atomic mass is 9.98. The van der Waals surface area contributed by atoms with E-state index in [4.69, 9.17) is 14.2 Å². The molecule has 3 aromatic rings. The van der Waals surface area contributed by atoms with Crippen LogP contribution in [0.15, 0.2) is 78.9 Å². The molecule has 1 heterocycles. The molecular formula is C27H31NO3. The Bertz CT molecular complexity index is 906. The molecule has 0 N–H and O–H groups in total. The summed E-state index contributed by atoms with van der Waals surface area (Å²) in [6.07, 6.45) is 1.11. The number of benzene rings is 3. The van der Waals surface area contributed by atoms with E-state index in [-0.39, 0.29) is 6.10 Å². The van der Waals surface area contributed by atoms with E-state index in [2.05, 4.69) is 65.6 Å². The normalized spacial score (nSPS) is 16.5. The molecule has 1 fully saturated rings. The van der Waals surface area contributed by atoms with Crippen molar-refractivity contribution in [2.24, 2.45) is 0 Å². The van der Waals surface area contributed by atoms with Gasteiger partial charge in [0.2, 0.25) is 0 Å². The fourth-order valence-electron chi connectivity index (χ4n) is 4.35. The fourth-order valence-corrected chi connectivity index (χ4v) is 4.35. The van der Waals surface area contributed by atoms with Crippen molar-refractivity contribution in [2.75, 3.05) is 40.5 Å². The molecule has 1 unspecified atom stereocenters. The van der Waals surface area contributed by atoms with Gasteiger partial charge in [-0.2, -0.15) is 0 Å². The third kappa shape index (κ3) is 5.27. The maximum absolute atomic E-state index is 6.41. The maximum Gasteiger partial charge on any atom is 0.160 e. The Balaban J connectivity index is 1.35. The van der Waals surface area contributed by atoms with Crippen LogP contribution in [0.2, 0.25) is 0 Å². The highest BCUT2D eigenvalue weighted by Gasteiger charge is 2.25. The number of nitrogens with zero attached hydrogens (tertiary/aromatic N) is 1. The number of likely N-dealkylation sites (tertiary alicyclic amines) is 1. The molecule has 1 aliphatic heterocycles. The SMILES string of the molecule is COc1ccc(C2CCN(CCOC(c3ccccc3)c3ccccc3)C2)cc1OC. The lowest BCUT2D eigenvalue weighted by Gasteiger charge is -2.22. The molecule has 0 aliphatic carbocycles. The van der Waals surface area contributed by atoms with Gasteiger partial charge in [-0.3, -0.25) is 0 Å². The van der Waals surface area contributed by atoms with E-state index in [9.17, 15) is 0 Å². The number of hydrogen-bond acceptors (Lipinski definition) is 4. The molecule has 1 aliphatic rings. The predicted molar refractivity (Wildman–Crippen MR) is 124 cm³/mol. The molecule has 0 amide bonds. The standard InChI is InChI=1S/C27H31NO3/c1-29-25-14-13-23(19-26(25)30-2)24-15-16-28(20-24)17-18-31-27(21-9-5-3-6-10-21)22-11-7-4-8-12-22/h3-14,19,24,27H,15-18,20H2,1-2H3. The zero-order chi connectivity index (χ0) is 21.5. The second kappa shape index (κ2) is 10.5.